The van der Waals surface area contributed by atoms with E-state index in [1.807, 2.05) is 0 Å². The monoisotopic (exact) mass is 405 g/mol. The summed E-state index contributed by atoms with van der Waals surface area (Å²) in [4.78, 5) is 15.0. The first-order valence-electron chi connectivity index (χ1n) is 11.9. The molecule has 0 fully saturated rings. The average Bonchev–Trinajstić information content (AvgIpc) is 3.24. The van der Waals surface area contributed by atoms with E-state index in [2.05, 4.69) is 35.7 Å². The van der Waals surface area contributed by atoms with Crippen molar-refractivity contribution in [2.45, 2.75) is 123 Å². The van der Waals surface area contributed by atoms with Crippen molar-refractivity contribution in [1.29, 1.82) is 0 Å². The highest BCUT2D eigenvalue weighted by Gasteiger charge is 2.21. The van der Waals surface area contributed by atoms with E-state index in [0.717, 1.165) is 6.42 Å². The molecule has 0 radical (unpaired) electrons. The highest BCUT2D eigenvalue weighted by atomic mass is 32.1. The number of aliphatic imine (C=N–C) groups is 1. The van der Waals surface area contributed by atoms with Gasteiger partial charge < -0.3 is 0 Å². The molecule has 0 saturated heterocycles. The third-order valence-corrected chi connectivity index (χ3v) is 6.68. The van der Waals surface area contributed by atoms with Gasteiger partial charge in [-0.15, -0.1) is 0 Å². The molecule has 0 aliphatic carbocycles. The molecule has 0 saturated carbocycles. The Hall–Kier alpha value is -0.920. The largest absolute Gasteiger partial charge is 0.235 e. The molecule has 2 atom stereocenters. The molecule has 0 aliphatic heterocycles. The molecule has 0 N–H and O–H groups in total. The predicted octanol–water partition coefficient (Wildman–Crippen LogP) is 9.02. The Morgan fingerprint density at radius 2 is 1.39 bits per heavy atom. The van der Waals surface area contributed by atoms with Gasteiger partial charge in [-0.3, -0.25) is 0 Å². The van der Waals surface area contributed by atoms with E-state index in [0.29, 0.717) is 5.92 Å². The van der Waals surface area contributed by atoms with Gasteiger partial charge in [0.05, 0.1) is 6.04 Å². The van der Waals surface area contributed by atoms with Crippen LogP contribution in [-0.2, 0) is 4.79 Å². The first-order valence-corrected chi connectivity index (χ1v) is 12.9. The van der Waals surface area contributed by atoms with Crippen LogP contribution in [0, 0.1) is 5.92 Å². The van der Waals surface area contributed by atoms with Gasteiger partial charge in [-0.25, -0.2) is 4.79 Å². The van der Waals surface area contributed by atoms with Crippen LogP contribution in [-0.4, -0.2) is 6.08 Å². The lowest BCUT2D eigenvalue weighted by Gasteiger charge is -2.21. The Labute approximate surface area is 178 Å². The molecule has 0 bridgehead atoms. The van der Waals surface area contributed by atoms with Crippen LogP contribution >= 0.6 is 11.3 Å². The molecule has 1 rings (SSSR count). The number of hydrogen-bond donors (Lipinski definition) is 0. The second kappa shape index (κ2) is 18.1. The number of nitrogens with zero attached hydrogens (tertiary/aromatic N) is 1. The molecular weight excluding hydrogens is 362 g/mol. The van der Waals surface area contributed by atoms with Crippen LogP contribution in [0.1, 0.15) is 128 Å². The van der Waals surface area contributed by atoms with Crippen molar-refractivity contribution in [3.8, 4) is 0 Å². The molecule has 28 heavy (non-hydrogen) atoms. The van der Waals surface area contributed by atoms with Crippen LogP contribution < -0.4 is 0 Å². The highest BCUT2D eigenvalue weighted by molar-refractivity contribution is 7.07. The first-order chi connectivity index (χ1) is 13.8. The quantitative estimate of drug-likeness (QED) is 0.128. The summed E-state index contributed by atoms with van der Waals surface area (Å²) in [6.07, 6.45) is 23.6. The molecule has 0 spiro atoms. The van der Waals surface area contributed by atoms with Gasteiger partial charge in [-0.1, -0.05) is 110 Å². The van der Waals surface area contributed by atoms with Crippen molar-refractivity contribution >= 4 is 17.4 Å². The van der Waals surface area contributed by atoms with Gasteiger partial charge in [-0.2, -0.15) is 16.3 Å². The maximum atomic E-state index is 10.8. The summed E-state index contributed by atoms with van der Waals surface area (Å²) >= 11 is 1.68. The minimum Gasteiger partial charge on any atom is -0.211 e. The maximum absolute atomic E-state index is 10.8. The Balaban J connectivity index is 2.01. The normalized spacial score (nSPS) is 13.2. The number of thiophene rings is 1. The van der Waals surface area contributed by atoms with Crippen LogP contribution in [0.3, 0.4) is 0 Å². The van der Waals surface area contributed by atoms with Gasteiger partial charge in [0.25, 0.3) is 0 Å². The zero-order chi connectivity index (χ0) is 20.3. The summed E-state index contributed by atoms with van der Waals surface area (Å²) < 4.78 is 0. The standard InChI is InChI=1S/C25H43NOS/c1-3-5-6-7-8-9-10-11-12-13-14-15-16-17-18-23(4-2)25(26-22-27)24-19-20-28-21-24/h19-21,23,25H,3-18H2,1-2H3. The van der Waals surface area contributed by atoms with Crippen molar-refractivity contribution in [1.82, 2.24) is 0 Å². The summed E-state index contributed by atoms with van der Waals surface area (Å²) in [5.74, 6) is 0.466. The third kappa shape index (κ3) is 11.8. The second-order valence-corrected chi connectivity index (χ2v) is 9.06. The van der Waals surface area contributed by atoms with Crippen molar-refractivity contribution in [3.05, 3.63) is 22.4 Å². The molecule has 0 aliphatic rings. The smallest absolute Gasteiger partial charge is 0.211 e. The van der Waals surface area contributed by atoms with Gasteiger partial charge in [0, 0.05) is 0 Å². The van der Waals surface area contributed by atoms with Crippen molar-refractivity contribution in [3.63, 3.8) is 0 Å². The summed E-state index contributed by atoms with van der Waals surface area (Å²) in [6.45, 7) is 4.50. The Morgan fingerprint density at radius 1 is 0.857 bits per heavy atom. The van der Waals surface area contributed by atoms with Crippen molar-refractivity contribution in [2.24, 2.45) is 10.9 Å². The van der Waals surface area contributed by atoms with E-state index in [9.17, 15) is 4.79 Å². The zero-order valence-corrected chi connectivity index (χ0v) is 19.3. The molecule has 0 amide bonds. The Morgan fingerprint density at radius 3 is 1.82 bits per heavy atom. The fourth-order valence-corrected chi connectivity index (χ4v) is 4.83. The molecule has 160 valence electrons. The third-order valence-electron chi connectivity index (χ3n) is 5.98. The highest BCUT2D eigenvalue weighted by Crippen LogP contribution is 2.33. The van der Waals surface area contributed by atoms with E-state index < -0.39 is 0 Å². The van der Waals surface area contributed by atoms with Gasteiger partial charge in [0.1, 0.15) is 0 Å². The molecule has 3 heteroatoms. The number of isocyanates is 1. The van der Waals surface area contributed by atoms with Crippen LogP contribution in [0.2, 0.25) is 0 Å². The van der Waals surface area contributed by atoms with Crippen LogP contribution in [0.25, 0.3) is 0 Å². The fourth-order valence-electron chi connectivity index (χ4n) is 4.14. The van der Waals surface area contributed by atoms with Gasteiger partial charge in [0.15, 0.2) is 0 Å². The molecule has 1 aromatic rings. The van der Waals surface area contributed by atoms with Crippen molar-refractivity contribution < 1.29 is 4.79 Å². The molecule has 0 aromatic carbocycles. The molecule has 1 heterocycles. The predicted molar refractivity (Wildman–Crippen MR) is 124 cm³/mol. The van der Waals surface area contributed by atoms with Crippen LogP contribution in [0.15, 0.2) is 21.8 Å². The summed E-state index contributed by atoms with van der Waals surface area (Å²) in [5.41, 5.74) is 1.19. The lowest BCUT2D eigenvalue weighted by Crippen LogP contribution is -2.10. The minimum absolute atomic E-state index is 0.00993. The van der Waals surface area contributed by atoms with Crippen molar-refractivity contribution in [2.75, 3.05) is 0 Å². The number of carbonyl (C=O) groups excluding carboxylic acids is 1. The van der Waals surface area contributed by atoms with Crippen LogP contribution in [0.4, 0.5) is 0 Å². The molecule has 2 nitrogen and oxygen atoms in total. The van der Waals surface area contributed by atoms with Crippen LogP contribution in [0.5, 0.6) is 0 Å². The summed E-state index contributed by atoms with van der Waals surface area (Å²) in [6, 6.07) is 2.11. The number of hydrogen-bond acceptors (Lipinski definition) is 3. The minimum atomic E-state index is 0.00993. The summed E-state index contributed by atoms with van der Waals surface area (Å²) in [5, 5.41) is 4.20. The zero-order valence-electron chi connectivity index (χ0n) is 18.5. The molecular formula is C25H43NOS. The Bertz CT molecular complexity index is 493. The number of unbranched alkanes of at least 4 members (excludes halogenated alkanes) is 13. The lowest BCUT2D eigenvalue weighted by atomic mass is 9.88. The number of rotatable bonds is 19. The average molecular weight is 406 g/mol. The van der Waals surface area contributed by atoms with Gasteiger partial charge >= 0.3 is 0 Å². The van der Waals surface area contributed by atoms with E-state index in [-0.39, 0.29) is 6.04 Å². The topological polar surface area (TPSA) is 29.4 Å². The van der Waals surface area contributed by atoms with E-state index >= 15 is 0 Å². The fraction of sp³-hybridized carbons (Fsp3) is 0.800. The summed E-state index contributed by atoms with van der Waals surface area (Å²) in [7, 11) is 0. The van der Waals surface area contributed by atoms with E-state index in [4.69, 9.17) is 0 Å². The Kier molecular flexibility index (Phi) is 16.3. The van der Waals surface area contributed by atoms with E-state index in [1.54, 1.807) is 17.4 Å². The SMILES string of the molecule is CCCCCCCCCCCCCCCCC(CC)C(N=C=O)c1ccsc1. The van der Waals surface area contributed by atoms with Gasteiger partial charge in [0.2, 0.25) is 6.08 Å². The van der Waals surface area contributed by atoms with E-state index in [1.165, 1.54) is 102 Å². The lowest BCUT2D eigenvalue weighted by molar-refractivity contribution is 0.372. The maximum Gasteiger partial charge on any atom is 0.235 e. The molecule has 1 aromatic heterocycles. The first kappa shape index (κ1) is 25.1. The molecule has 2 unspecified atom stereocenters. The van der Waals surface area contributed by atoms with Gasteiger partial charge in [-0.05, 0) is 34.7 Å². The second-order valence-electron chi connectivity index (χ2n) is 8.28.